The second-order valence-electron chi connectivity index (χ2n) is 7.70. The zero-order valence-electron chi connectivity index (χ0n) is 18.0. The van der Waals surface area contributed by atoms with Crippen LogP contribution >= 0.6 is 0 Å². The lowest BCUT2D eigenvalue weighted by atomic mass is 10.1. The Morgan fingerprint density at radius 3 is 2.68 bits per heavy atom. The van der Waals surface area contributed by atoms with Gasteiger partial charge in [0.15, 0.2) is 5.82 Å². The third kappa shape index (κ3) is 4.91. The predicted molar refractivity (Wildman–Crippen MR) is 119 cm³/mol. The van der Waals surface area contributed by atoms with Crippen LogP contribution in [0.1, 0.15) is 47.8 Å². The van der Waals surface area contributed by atoms with Crippen LogP contribution in [0.5, 0.6) is 5.88 Å². The molecule has 3 aromatic rings. The van der Waals surface area contributed by atoms with Crippen molar-refractivity contribution in [1.82, 2.24) is 24.9 Å². The van der Waals surface area contributed by atoms with Gasteiger partial charge in [-0.05, 0) is 56.1 Å². The van der Waals surface area contributed by atoms with E-state index in [1.54, 1.807) is 30.1 Å². The van der Waals surface area contributed by atoms with Gasteiger partial charge in [0.05, 0.1) is 24.6 Å². The van der Waals surface area contributed by atoms with E-state index in [1.807, 2.05) is 19.1 Å². The number of rotatable bonds is 7. The molecule has 162 valence electrons. The highest BCUT2D eigenvalue weighted by Gasteiger charge is 2.19. The van der Waals surface area contributed by atoms with E-state index in [-0.39, 0.29) is 5.91 Å². The van der Waals surface area contributed by atoms with Crippen molar-refractivity contribution in [2.24, 2.45) is 0 Å². The quantitative estimate of drug-likeness (QED) is 0.630. The van der Waals surface area contributed by atoms with Crippen LogP contribution in [-0.4, -0.2) is 51.0 Å². The number of carbonyl (C=O) groups excluding carboxylic acids is 1. The van der Waals surface area contributed by atoms with E-state index in [1.165, 1.54) is 24.8 Å². The molecule has 4 rings (SSSR count). The first-order valence-corrected chi connectivity index (χ1v) is 10.8. The third-order valence-electron chi connectivity index (χ3n) is 5.54. The van der Waals surface area contributed by atoms with Gasteiger partial charge < -0.3 is 10.1 Å². The number of hydrogen-bond acceptors (Lipinski definition) is 6. The predicted octanol–water partition coefficient (Wildman–Crippen LogP) is 3.47. The monoisotopic (exact) mass is 420 g/mol. The zero-order chi connectivity index (χ0) is 21.6. The van der Waals surface area contributed by atoms with Crippen LogP contribution in [0.15, 0.2) is 42.6 Å². The molecule has 2 aromatic heterocycles. The molecule has 0 spiro atoms. The van der Waals surface area contributed by atoms with Gasteiger partial charge in [0.2, 0.25) is 5.88 Å². The molecular formula is C23H28N6O2. The number of hydrogen-bond donors (Lipinski definition) is 1. The second kappa shape index (κ2) is 9.70. The number of nitrogens with zero attached hydrogens (tertiary/aromatic N) is 5. The maximum absolute atomic E-state index is 13.0. The lowest BCUT2D eigenvalue weighted by molar-refractivity contribution is 0.102. The highest BCUT2D eigenvalue weighted by atomic mass is 16.5. The van der Waals surface area contributed by atoms with Crippen molar-refractivity contribution in [1.29, 1.82) is 0 Å². The summed E-state index contributed by atoms with van der Waals surface area (Å²) in [7, 11) is 1.54. The Morgan fingerprint density at radius 1 is 1.13 bits per heavy atom. The van der Waals surface area contributed by atoms with Crippen LogP contribution < -0.4 is 10.1 Å². The van der Waals surface area contributed by atoms with Crippen molar-refractivity contribution in [2.75, 3.05) is 25.5 Å². The summed E-state index contributed by atoms with van der Waals surface area (Å²) in [4.78, 5) is 15.5. The summed E-state index contributed by atoms with van der Waals surface area (Å²) in [5, 5.41) is 15.5. The van der Waals surface area contributed by atoms with Gasteiger partial charge in [0.1, 0.15) is 0 Å². The van der Waals surface area contributed by atoms with Crippen LogP contribution in [0.4, 0.5) is 5.69 Å². The Bertz CT molecular complexity index is 1020. The molecule has 3 heterocycles. The fourth-order valence-corrected chi connectivity index (χ4v) is 3.96. The van der Waals surface area contributed by atoms with Gasteiger partial charge in [-0.2, -0.15) is 5.10 Å². The minimum absolute atomic E-state index is 0.181. The Labute approximate surface area is 182 Å². The number of anilines is 1. The Hall–Kier alpha value is -3.26. The Morgan fingerprint density at radius 2 is 1.97 bits per heavy atom. The van der Waals surface area contributed by atoms with Crippen LogP contribution in [0.25, 0.3) is 5.82 Å². The smallest absolute Gasteiger partial charge is 0.259 e. The SMILES string of the molecule is CCc1c(C(=O)Nc2cccc(CN3CCCCC3)c2)cnn1-c1ccc(OC)nn1. The number of ether oxygens (including phenoxy) is 1. The molecule has 1 aromatic carbocycles. The van der Waals surface area contributed by atoms with Gasteiger partial charge in [-0.3, -0.25) is 9.69 Å². The largest absolute Gasteiger partial charge is 0.480 e. The molecule has 1 amide bonds. The maximum Gasteiger partial charge on any atom is 0.259 e. The fraction of sp³-hybridized carbons (Fsp3) is 0.391. The van der Waals surface area contributed by atoms with E-state index in [0.29, 0.717) is 23.7 Å². The standard InChI is InChI=1S/C23H28N6O2/c1-3-20-19(15-24-29(20)21-10-11-22(31-2)27-26-21)23(30)25-18-9-7-8-17(14-18)16-28-12-5-4-6-13-28/h7-11,14-15H,3-6,12-13,16H2,1-2H3,(H,25,30). The molecule has 31 heavy (non-hydrogen) atoms. The molecule has 0 aliphatic carbocycles. The number of methoxy groups -OCH3 is 1. The number of amides is 1. The Kier molecular flexibility index (Phi) is 6.57. The molecule has 0 radical (unpaired) electrons. The number of carbonyl (C=O) groups is 1. The molecule has 0 bridgehead atoms. The molecule has 8 nitrogen and oxygen atoms in total. The summed E-state index contributed by atoms with van der Waals surface area (Å²) in [6.07, 6.45) is 6.06. The van der Waals surface area contributed by atoms with E-state index < -0.39 is 0 Å². The first-order valence-electron chi connectivity index (χ1n) is 10.8. The summed E-state index contributed by atoms with van der Waals surface area (Å²) in [6, 6.07) is 11.6. The number of benzene rings is 1. The summed E-state index contributed by atoms with van der Waals surface area (Å²) >= 11 is 0. The van der Waals surface area contributed by atoms with Gasteiger partial charge in [-0.25, -0.2) is 4.68 Å². The first-order chi connectivity index (χ1) is 15.2. The minimum Gasteiger partial charge on any atom is -0.480 e. The highest BCUT2D eigenvalue weighted by Crippen LogP contribution is 2.19. The molecule has 8 heteroatoms. The van der Waals surface area contributed by atoms with Crippen LogP contribution in [0.2, 0.25) is 0 Å². The van der Waals surface area contributed by atoms with Crippen molar-refractivity contribution in [3.05, 3.63) is 59.4 Å². The number of aromatic nitrogens is 4. The first kappa shape index (κ1) is 21.0. The van der Waals surface area contributed by atoms with Gasteiger partial charge >= 0.3 is 0 Å². The topological polar surface area (TPSA) is 85.2 Å². The summed E-state index contributed by atoms with van der Waals surface area (Å²) in [5.41, 5.74) is 3.31. The van der Waals surface area contributed by atoms with E-state index in [2.05, 4.69) is 37.6 Å². The second-order valence-corrected chi connectivity index (χ2v) is 7.70. The molecule has 0 unspecified atom stereocenters. The van der Waals surface area contributed by atoms with Gasteiger partial charge in [0.25, 0.3) is 5.91 Å². The number of nitrogens with one attached hydrogen (secondary N) is 1. The fourth-order valence-electron chi connectivity index (χ4n) is 3.96. The molecule has 1 N–H and O–H groups in total. The normalized spacial score (nSPS) is 14.4. The molecule has 1 saturated heterocycles. The van der Waals surface area contributed by atoms with Crippen LogP contribution in [0.3, 0.4) is 0 Å². The van der Waals surface area contributed by atoms with Crippen molar-refractivity contribution in [3.8, 4) is 11.7 Å². The van der Waals surface area contributed by atoms with Crippen molar-refractivity contribution >= 4 is 11.6 Å². The van der Waals surface area contributed by atoms with Crippen LogP contribution in [0, 0.1) is 0 Å². The summed E-state index contributed by atoms with van der Waals surface area (Å²) in [6.45, 7) is 5.19. The van der Waals surface area contributed by atoms with Gasteiger partial charge in [-0.1, -0.05) is 25.5 Å². The third-order valence-corrected chi connectivity index (χ3v) is 5.54. The molecule has 1 aliphatic rings. The number of likely N-dealkylation sites (tertiary alicyclic amines) is 1. The average Bonchev–Trinajstić information content (AvgIpc) is 3.24. The van der Waals surface area contributed by atoms with Gasteiger partial charge in [0, 0.05) is 18.3 Å². The zero-order valence-corrected chi connectivity index (χ0v) is 18.0. The molecular weight excluding hydrogens is 392 g/mol. The highest BCUT2D eigenvalue weighted by molar-refractivity contribution is 6.05. The maximum atomic E-state index is 13.0. The Balaban J connectivity index is 1.49. The molecule has 1 aliphatic heterocycles. The van der Waals surface area contributed by atoms with Gasteiger partial charge in [-0.15, -0.1) is 10.2 Å². The molecule has 1 fully saturated rings. The van der Waals surface area contributed by atoms with Crippen molar-refractivity contribution in [3.63, 3.8) is 0 Å². The molecule has 0 saturated carbocycles. The average molecular weight is 421 g/mol. The van der Waals surface area contributed by atoms with Crippen molar-refractivity contribution in [2.45, 2.75) is 39.2 Å². The van der Waals surface area contributed by atoms with E-state index in [0.717, 1.165) is 31.0 Å². The molecule has 0 atom stereocenters. The summed E-state index contributed by atoms with van der Waals surface area (Å²) in [5.74, 6) is 0.788. The van der Waals surface area contributed by atoms with Crippen LogP contribution in [-0.2, 0) is 13.0 Å². The van der Waals surface area contributed by atoms with Crippen molar-refractivity contribution < 1.29 is 9.53 Å². The number of piperidine rings is 1. The lowest BCUT2D eigenvalue weighted by Gasteiger charge is -2.26. The summed E-state index contributed by atoms with van der Waals surface area (Å²) < 4.78 is 6.71. The van der Waals surface area contributed by atoms with E-state index >= 15 is 0 Å². The lowest BCUT2D eigenvalue weighted by Crippen LogP contribution is -2.29. The minimum atomic E-state index is -0.181. The van der Waals surface area contributed by atoms with E-state index in [9.17, 15) is 4.79 Å². The van der Waals surface area contributed by atoms with E-state index in [4.69, 9.17) is 4.74 Å².